The third-order valence-electron chi connectivity index (χ3n) is 2.95. The predicted molar refractivity (Wildman–Crippen MR) is 74.9 cm³/mol. The van der Waals surface area contributed by atoms with Crippen molar-refractivity contribution in [1.82, 2.24) is 0 Å². The summed E-state index contributed by atoms with van der Waals surface area (Å²) in [5.41, 5.74) is 2.82. The van der Waals surface area contributed by atoms with E-state index in [9.17, 15) is 4.79 Å². The number of benzene rings is 2. The van der Waals surface area contributed by atoms with Crippen molar-refractivity contribution in [2.75, 3.05) is 5.32 Å². The third kappa shape index (κ3) is 2.36. The Bertz CT molecular complexity index is 657. The van der Waals surface area contributed by atoms with Crippen LogP contribution in [-0.2, 0) is 4.79 Å². The van der Waals surface area contributed by atoms with Gasteiger partial charge in [-0.15, -0.1) is 0 Å². The van der Waals surface area contributed by atoms with Gasteiger partial charge in [0.1, 0.15) is 0 Å². The number of ether oxygens (including phenoxy) is 1. The van der Waals surface area contributed by atoms with Crippen LogP contribution in [0, 0.1) is 6.92 Å². The zero-order valence-electron chi connectivity index (χ0n) is 10.5. The summed E-state index contributed by atoms with van der Waals surface area (Å²) in [5.74, 6) is 0.752. The number of carbonyl (C=O) groups is 1. The van der Waals surface area contributed by atoms with Crippen molar-refractivity contribution >= 4 is 17.7 Å². The average Bonchev–Trinajstić information content (AvgIpc) is 2.42. The van der Waals surface area contributed by atoms with E-state index in [1.807, 2.05) is 55.5 Å². The molecule has 1 aliphatic heterocycles. The highest BCUT2D eigenvalue weighted by Crippen LogP contribution is 2.30. The second-order valence-electron chi connectivity index (χ2n) is 4.47. The third-order valence-corrected chi connectivity index (χ3v) is 2.95. The molecular formula is C16H13NO2. The summed E-state index contributed by atoms with van der Waals surface area (Å²) in [6, 6.07) is 15.3. The number of nitrogens with one attached hydrogen (secondary N) is 1. The molecule has 19 heavy (non-hydrogen) atoms. The summed E-state index contributed by atoms with van der Waals surface area (Å²) in [4.78, 5) is 11.9. The molecule has 94 valence electrons. The van der Waals surface area contributed by atoms with Crippen LogP contribution in [0.15, 0.2) is 54.3 Å². The first-order chi connectivity index (χ1) is 9.22. The number of para-hydroxylation sites is 2. The van der Waals surface area contributed by atoms with E-state index >= 15 is 0 Å². The number of hydrogen-bond acceptors (Lipinski definition) is 2. The highest BCUT2D eigenvalue weighted by Gasteiger charge is 2.21. The Morgan fingerprint density at radius 3 is 2.58 bits per heavy atom. The second-order valence-corrected chi connectivity index (χ2v) is 4.47. The van der Waals surface area contributed by atoms with Crippen LogP contribution < -0.4 is 10.1 Å². The molecule has 1 amide bonds. The zero-order valence-corrected chi connectivity index (χ0v) is 10.5. The lowest BCUT2D eigenvalue weighted by Crippen LogP contribution is -2.23. The van der Waals surface area contributed by atoms with Gasteiger partial charge in [-0.25, -0.2) is 0 Å². The fourth-order valence-electron chi connectivity index (χ4n) is 1.92. The van der Waals surface area contributed by atoms with Crippen molar-refractivity contribution in [1.29, 1.82) is 0 Å². The lowest BCUT2D eigenvalue weighted by Gasteiger charge is -2.19. The summed E-state index contributed by atoms with van der Waals surface area (Å²) in [5, 5.41) is 2.81. The maximum Gasteiger partial charge on any atom is 0.291 e. The van der Waals surface area contributed by atoms with Crippen molar-refractivity contribution in [3.8, 4) is 5.75 Å². The molecule has 2 aromatic rings. The Kier molecular flexibility index (Phi) is 2.80. The Balaban J connectivity index is 1.94. The van der Waals surface area contributed by atoms with E-state index in [0.29, 0.717) is 17.2 Å². The van der Waals surface area contributed by atoms with Crippen LogP contribution in [0.25, 0.3) is 6.08 Å². The van der Waals surface area contributed by atoms with Gasteiger partial charge in [-0.2, -0.15) is 0 Å². The fraction of sp³-hybridized carbons (Fsp3) is 0.0625. The van der Waals surface area contributed by atoms with Crippen molar-refractivity contribution < 1.29 is 9.53 Å². The molecule has 0 bridgehead atoms. The van der Waals surface area contributed by atoms with Gasteiger partial charge in [-0.1, -0.05) is 42.0 Å². The van der Waals surface area contributed by atoms with E-state index in [1.165, 1.54) is 5.56 Å². The lowest BCUT2D eigenvalue weighted by molar-refractivity contribution is -0.115. The van der Waals surface area contributed by atoms with E-state index in [2.05, 4.69) is 5.32 Å². The van der Waals surface area contributed by atoms with Crippen LogP contribution >= 0.6 is 0 Å². The SMILES string of the molecule is Cc1ccc(/C=C2/Oc3ccccc3NC2=O)cc1. The Morgan fingerprint density at radius 2 is 1.79 bits per heavy atom. The maximum atomic E-state index is 11.9. The van der Waals surface area contributed by atoms with E-state index in [0.717, 1.165) is 5.56 Å². The summed E-state index contributed by atoms with van der Waals surface area (Å²) >= 11 is 0. The molecule has 0 aromatic heterocycles. The van der Waals surface area contributed by atoms with Gasteiger partial charge in [0.25, 0.3) is 5.91 Å². The van der Waals surface area contributed by atoms with Crippen molar-refractivity contribution in [2.24, 2.45) is 0 Å². The number of fused-ring (bicyclic) bond motifs is 1. The average molecular weight is 251 g/mol. The van der Waals surface area contributed by atoms with Crippen LogP contribution in [-0.4, -0.2) is 5.91 Å². The van der Waals surface area contributed by atoms with Crippen LogP contribution in [0.3, 0.4) is 0 Å². The predicted octanol–water partition coefficient (Wildman–Crippen LogP) is 3.37. The van der Waals surface area contributed by atoms with Gasteiger partial charge in [0, 0.05) is 0 Å². The summed E-state index contributed by atoms with van der Waals surface area (Å²) in [7, 11) is 0. The molecule has 0 spiro atoms. The Morgan fingerprint density at radius 1 is 1.05 bits per heavy atom. The van der Waals surface area contributed by atoms with Crippen LogP contribution in [0.4, 0.5) is 5.69 Å². The molecule has 0 saturated heterocycles. The fourth-order valence-corrected chi connectivity index (χ4v) is 1.92. The smallest absolute Gasteiger partial charge is 0.291 e. The minimum atomic E-state index is -0.223. The topological polar surface area (TPSA) is 38.3 Å². The van der Waals surface area contributed by atoms with E-state index in [4.69, 9.17) is 4.74 Å². The number of hydrogen-bond donors (Lipinski definition) is 1. The zero-order chi connectivity index (χ0) is 13.2. The maximum absolute atomic E-state index is 11.9. The number of rotatable bonds is 1. The number of aryl methyl sites for hydroxylation is 1. The van der Waals surface area contributed by atoms with Gasteiger partial charge in [0.05, 0.1) is 5.69 Å². The summed E-state index contributed by atoms with van der Waals surface area (Å²) in [6.07, 6.45) is 1.74. The Labute approximate surface area is 111 Å². The first kappa shape index (κ1) is 11.5. The lowest BCUT2D eigenvalue weighted by atomic mass is 10.1. The van der Waals surface area contributed by atoms with Crippen molar-refractivity contribution in [2.45, 2.75) is 6.92 Å². The van der Waals surface area contributed by atoms with Crippen molar-refractivity contribution in [3.05, 3.63) is 65.4 Å². The largest absolute Gasteiger partial charge is 0.449 e. The first-order valence-electron chi connectivity index (χ1n) is 6.09. The Hall–Kier alpha value is -2.55. The van der Waals surface area contributed by atoms with E-state index < -0.39 is 0 Å². The molecule has 1 N–H and O–H groups in total. The standard InChI is InChI=1S/C16H13NO2/c1-11-6-8-12(9-7-11)10-15-16(18)17-13-4-2-3-5-14(13)19-15/h2-10H,1H3,(H,17,18)/b15-10+. The molecule has 1 heterocycles. The van der Waals surface area contributed by atoms with Gasteiger partial charge in [-0.05, 0) is 30.7 Å². The highest BCUT2D eigenvalue weighted by molar-refractivity contribution is 6.08. The molecule has 3 rings (SSSR count). The first-order valence-corrected chi connectivity index (χ1v) is 6.09. The van der Waals surface area contributed by atoms with Crippen LogP contribution in [0.5, 0.6) is 5.75 Å². The molecule has 2 aromatic carbocycles. The molecule has 0 radical (unpaired) electrons. The molecule has 0 fully saturated rings. The number of anilines is 1. The molecular weight excluding hydrogens is 238 g/mol. The monoisotopic (exact) mass is 251 g/mol. The molecule has 0 atom stereocenters. The highest BCUT2D eigenvalue weighted by atomic mass is 16.5. The quantitative estimate of drug-likeness (QED) is 0.789. The molecule has 0 aliphatic carbocycles. The van der Waals surface area contributed by atoms with Gasteiger partial charge in [0.2, 0.25) is 0 Å². The van der Waals surface area contributed by atoms with Crippen molar-refractivity contribution in [3.63, 3.8) is 0 Å². The van der Waals surface area contributed by atoms with Crippen LogP contribution in [0.2, 0.25) is 0 Å². The minimum Gasteiger partial charge on any atom is -0.449 e. The molecule has 0 unspecified atom stereocenters. The second kappa shape index (κ2) is 4.61. The van der Waals surface area contributed by atoms with E-state index in [-0.39, 0.29) is 5.91 Å². The molecule has 1 aliphatic rings. The van der Waals surface area contributed by atoms with Gasteiger partial charge < -0.3 is 10.1 Å². The van der Waals surface area contributed by atoms with Gasteiger partial charge >= 0.3 is 0 Å². The molecule has 3 nitrogen and oxygen atoms in total. The van der Waals surface area contributed by atoms with E-state index in [1.54, 1.807) is 6.08 Å². The normalized spacial score (nSPS) is 15.6. The van der Waals surface area contributed by atoms with Gasteiger partial charge in [-0.3, -0.25) is 4.79 Å². The number of carbonyl (C=O) groups excluding carboxylic acids is 1. The van der Waals surface area contributed by atoms with Gasteiger partial charge in [0.15, 0.2) is 11.5 Å². The molecule has 0 saturated carbocycles. The minimum absolute atomic E-state index is 0.223. The van der Waals surface area contributed by atoms with Crippen LogP contribution in [0.1, 0.15) is 11.1 Å². The number of amides is 1. The summed E-state index contributed by atoms with van der Waals surface area (Å²) in [6.45, 7) is 2.02. The molecule has 3 heteroatoms. The summed E-state index contributed by atoms with van der Waals surface area (Å²) < 4.78 is 5.63.